The van der Waals surface area contributed by atoms with E-state index in [1.165, 1.54) is 55.2 Å². The summed E-state index contributed by atoms with van der Waals surface area (Å²) in [5.74, 6) is 0.870. The molecule has 132 valence electrons. The SMILES string of the molecule is C=CCCCON(C)Cc1cc(CC2CCCCC2)ccc1C=C. The van der Waals surface area contributed by atoms with Gasteiger partial charge >= 0.3 is 0 Å². The molecule has 24 heavy (non-hydrogen) atoms. The highest BCUT2D eigenvalue weighted by Gasteiger charge is 2.15. The second-order valence-electron chi connectivity index (χ2n) is 7.00. The molecule has 0 saturated heterocycles. The summed E-state index contributed by atoms with van der Waals surface area (Å²) in [6.07, 6.45) is 14.1. The van der Waals surface area contributed by atoms with Crippen LogP contribution in [0.1, 0.15) is 61.6 Å². The van der Waals surface area contributed by atoms with E-state index in [1.54, 1.807) is 0 Å². The van der Waals surface area contributed by atoms with Crippen molar-refractivity contribution in [2.45, 2.75) is 57.9 Å². The van der Waals surface area contributed by atoms with Gasteiger partial charge in [-0.3, -0.25) is 4.84 Å². The molecule has 0 radical (unpaired) electrons. The van der Waals surface area contributed by atoms with Gasteiger partial charge in [-0.25, -0.2) is 0 Å². The lowest BCUT2D eigenvalue weighted by atomic mass is 9.84. The van der Waals surface area contributed by atoms with Crippen molar-refractivity contribution in [2.75, 3.05) is 13.7 Å². The zero-order valence-electron chi connectivity index (χ0n) is 15.3. The topological polar surface area (TPSA) is 12.5 Å². The van der Waals surface area contributed by atoms with Crippen molar-refractivity contribution in [3.63, 3.8) is 0 Å². The van der Waals surface area contributed by atoms with Crippen LogP contribution in [-0.4, -0.2) is 18.7 Å². The summed E-state index contributed by atoms with van der Waals surface area (Å²) < 4.78 is 0. The van der Waals surface area contributed by atoms with Crippen molar-refractivity contribution in [1.29, 1.82) is 0 Å². The predicted octanol–water partition coefficient (Wildman–Crippen LogP) is 5.78. The van der Waals surface area contributed by atoms with Crippen LogP contribution < -0.4 is 0 Å². The van der Waals surface area contributed by atoms with Crippen LogP contribution in [0.3, 0.4) is 0 Å². The average molecular weight is 328 g/mol. The molecule has 2 heteroatoms. The largest absolute Gasteiger partial charge is 0.299 e. The average Bonchev–Trinajstić information content (AvgIpc) is 2.60. The molecule has 0 aromatic heterocycles. The number of nitrogens with zero attached hydrogens (tertiary/aromatic N) is 1. The van der Waals surface area contributed by atoms with Gasteiger partial charge in [-0.2, -0.15) is 5.06 Å². The Bertz CT molecular complexity index is 517. The van der Waals surface area contributed by atoms with Crippen LogP contribution in [0.4, 0.5) is 0 Å². The molecule has 0 atom stereocenters. The maximum Gasteiger partial charge on any atom is 0.0688 e. The molecule has 1 saturated carbocycles. The first-order valence-corrected chi connectivity index (χ1v) is 9.42. The van der Waals surface area contributed by atoms with Crippen molar-refractivity contribution in [2.24, 2.45) is 5.92 Å². The minimum absolute atomic E-state index is 0.744. The number of unbranched alkanes of at least 4 members (excludes halogenated alkanes) is 1. The van der Waals surface area contributed by atoms with E-state index in [0.717, 1.165) is 31.9 Å². The Morgan fingerprint density at radius 2 is 2.00 bits per heavy atom. The fourth-order valence-electron chi connectivity index (χ4n) is 3.58. The first kappa shape index (κ1) is 19.0. The molecule has 1 aliphatic rings. The van der Waals surface area contributed by atoms with E-state index in [9.17, 15) is 0 Å². The highest BCUT2D eigenvalue weighted by Crippen LogP contribution is 2.27. The Labute approximate surface area is 148 Å². The van der Waals surface area contributed by atoms with Crippen molar-refractivity contribution in [3.05, 3.63) is 54.1 Å². The number of hydroxylamine groups is 2. The van der Waals surface area contributed by atoms with Gasteiger partial charge in [0.1, 0.15) is 0 Å². The maximum absolute atomic E-state index is 5.79. The molecule has 0 bridgehead atoms. The first-order valence-electron chi connectivity index (χ1n) is 9.42. The van der Waals surface area contributed by atoms with E-state index in [1.807, 2.05) is 24.3 Å². The number of allylic oxidation sites excluding steroid dienone is 1. The third-order valence-corrected chi connectivity index (χ3v) is 4.93. The van der Waals surface area contributed by atoms with E-state index in [4.69, 9.17) is 4.84 Å². The van der Waals surface area contributed by atoms with Crippen molar-refractivity contribution in [1.82, 2.24) is 5.06 Å². The van der Waals surface area contributed by atoms with Gasteiger partial charge in [0, 0.05) is 13.6 Å². The molecule has 0 amide bonds. The molecule has 1 aliphatic carbocycles. The summed E-state index contributed by atoms with van der Waals surface area (Å²) in [6, 6.07) is 6.85. The molecule has 1 fully saturated rings. The van der Waals surface area contributed by atoms with Crippen molar-refractivity contribution >= 4 is 6.08 Å². The maximum atomic E-state index is 5.79. The second-order valence-corrected chi connectivity index (χ2v) is 7.00. The molecule has 0 unspecified atom stereocenters. The predicted molar refractivity (Wildman–Crippen MR) is 104 cm³/mol. The van der Waals surface area contributed by atoms with E-state index in [0.29, 0.717) is 0 Å². The Morgan fingerprint density at radius 3 is 2.71 bits per heavy atom. The van der Waals surface area contributed by atoms with Crippen LogP contribution in [0.25, 0.3) is 6.08 Å². The highest BCUT2D eigenvalue weighted by molar-refractivity contribution is 5.53. The summed E-state index contributed by atoms with van der Waals surface area (Å²) in [5, 5.41) is 1.94. The van der Waals surface area contributed by atoms with Gasteiger partial charge in [-0.1, -0.05) is 69.0 Å². The Balaban J connectivity index is 1.94. The minimum Gasteiger partial charge on any atom is -0.299 e. The molecule has 1 aromatic rings. The number of hydrogen-bond donors (Lipinski definition) is 0. The summed E-state index contributed by atoms with van der Waals surface area (Å²) in [6.45, 7) is 9.25. The normalized spacial score (nSPS) is 15.6. The molecular weight excluding hydrogens is 294 g/mol. The standard InChI is InChI=1S/C22H33NO/c1-4-6-10-15-24-23(3)18-22-17-20(13-14-21(22)5-2)16-19-11-8-7-9-12-19/h4-5,13-14,17,19H,1-2,6-12,15-16,18H2,3H3. The summed E-state index contributed by atoms with van der Waals surface area (Å²) in [4.78, 5) is 5.79. The molecular formula is C22H33NO. The lowest BCUT2D eigenvalue weighted by Gasteiger charge is -2.23. The number of benzene rings is 1. The van der Waals surface area contributed by atoms with E-state index in [2.05, 4.69) is 31.4 Å². The molecule has 2 nitrogen and oxygen atoms in total. The third kappa shape index (κ3) is 6.26. The van der Waals surface area contributed by atoms with Crippen LogP contribution in [0.5, 0.6) is 0 Å². The van der Waals surface area contributed by atoms with Crippen molar-refractivity contribution < 1.29 is 4.84 Å². The molecule has 2 rings (SSSR count). The lowest BCUT2D eigenvalue weighted by Crippen LogP contribution is -2.20. The number of hydrogen-bond acceptors (Lipinski definition) is 2. The lowest BCUT2D eigenvalue weighted by molar-refractivity contribution is -0.147. The summed E-state index contributed by atoms with van der Waals surface area (Å²) >= 11 is 0. The van der Waals surface area contributed by atoms with E-state index >= 15 is 0 Å². The van der Waals surface area contributed by atoms with Crippen LogP contribution in [0.15, 0.2) is 37.4 Å². The van der Waals surface area contributed by atoms with Crippen LogP contribution in [0, 0.1) is 5.92 Å². The first-order chi connectivity index (χ1) is 11.7. The Morgan fingerprint density at radius 1 is 1.21 bits per heavy atom. The molecule has 1 aromatic carbocycles. The van der Waals surface area contributed by atoms with Gasteiger partial charge in [0.05, 0.1) is 6.61 Å². The second kappa shape index (κ2) is 10.5. The number of rotatable bonds is 10. The monoisotopic (exact) mass is 327 g/mol. The third-order valence-electron chi connectivity index (χ3n) is 4.93. The fourth-order valence-corrected chi connectivity index (χ4v) is 3.58. The van der Waals surface area contributed by atoms with Crippen LogP contribution in [-0.2, 0) is 17.8 Å². The minimum atomic E-state index is 0.744. The quantitative estimate of drug-likeness (QED) is 0.307. The fraction of sp³-hybridized carbons (Fsp3) is 0.545. The van der Waals surface area contributed by atoms with Gasteiger partial charge in [0.15, 0.2) is 0 Å². The zero-order chi connectivity index (χ0) is 17.2. The molecule has 0 N–H and O–H groups in total. The highest BCUT2D eigenvalue weighted by atomic mass is 16.7. The zero-order valence-corrected chi connectivity index (χ0v) is 15.3. The van der Waals surface area contributed by atoms with Crippen LogP contribution in [0.2, 0.25) is 0 Å². The van der Waals surface area contributed by atoms with Crippen LogP contribution >= 0.6 is 0 Å². The smallest absolute Gasteiger partial charge is 0.0688 e. The summed E-state index contributed by atoms with van der Waals surface area (Å²) in [5.41, 5.74) is 3.98. The Hall–Kier alpha value is -1.38. The molecule has 0 aliphatic heterocycles. The van der Waals surface area contributed by atoms with Gasteiger partial charge in [-0.05, 0) is 41.9 Å². The van der Waals surface area contributed by atoms with Gasteiger partial charge in [-0.15, -0.1) is 6.58 Å². The summed E-state index contributed by atoms with van der Waals surface area (Å²) in [7, 11) is 2.01. The van der Waals surface area contributed by atoms with Gasteiger partial charge < -0.3 is 0 Å². The van der Waals surface area contributed by atoms with E-state index in [-0.39, 0.29) is 0 Å². The van der Waals surface area contributed by atoms with E-state index < -0.39 is 0 Å². The molecule has 0 heterocycles. The van der Waals surface area contributed by atoms with Crippen molar-refractivity contribution in [3.8, 4) is 0 Å². The van der Waals surface area contributed by atoms with Gasteiger partial charge in [0.25, 0.3) is 0 Å². The Kier molecular flexibility index (Phi) is 8.27. The van der Waals surface area contributed by atoms with Gasteiger partial charge in [0.2, 0.25) is 0 Å². The molecule has 0 spiro atoms.